The number of carbonyl (C=O) groups is 1. The molecule has 0 unspecified atom stereocenters. The van der Waals surface area contributed by atoms with Crippen LogP contribution in [-0.2, 0) is 11.2 Å². The molecule has 0 atom stereocenters. The van der Waals surface area contributed by atoms with Gasteiger partial charge in [0.15, 0.2) is 0 Å². The van der Waals surface area contributed by atoms with Crippen LogP contribution in [0.15, 0.2) is 24.8 Å². The number of aryl methyl sites for hydroxylation is 1. The first-order valence-corrected chi connectivity index (χ1v) is 5.06. The van der Waals surface area contributed by atoms with Crippen molar-refractivity contribution < 1.29 is 9.53 Å². The lowest BCUT2D eigenvalue weighted by atomic mass is 10.0. The molecule has 0 aliphatic heterocycles. The molecule has 1 aromatic carbocycles. The highest BCUT2D eigenvalue weighted by atomic mass is 16.5. The highest BCUT2D eigenvalue weighted by molar-refractivity contribution is 5.90. The third-order valence-electron chi connectivity index (χ3n) is 2.21. The van der Waals surface area contributed by atoms with Crippen LogP contribution in [0.5, 0.6) is 0 Å². The second-order valence-electron chi connectivity index (χ2n) is 3.41. The van der Waals surface area contributed by atoms with Gasteiger partial charge in [0.05, 0.1) is 12.7 Å². The van der Waals surface area contributed by atoms with Crippen molar-refractivity contribution in [3.05, 3.63) is 41.5 Å². The molecule has 0 radical (unpaired) electrons. The number of esters is 1. The van der Waals surface area contributed by atoms with Crippen LogP contribution in [0.2, 0.25) is 0 Å². The number of ether oxygens (including phenoxy) is 1. The van der Waals surface area contributed by atoms with Crippen molar-refractivity contribution in [2.75, 3.05) is 7.11 Å². The van der Waals surface area contributed by atoms with Gasteiger partial charge < -0.3 is 4.74 Å². The fourth-order valence-electron chi connectivity index (χ4n) is 1.50. The summed E-state index contributed by atoms with van der Waals surface area (Å²) >= 11 is 0. The fourth-order valence-corrected chi connectivity index (χ4v) is 1.50. The van der Waals surface area contributed by atoms with Crippen LogP contribution in [-0.4, -0.2) is 13.1 Å². The lowest BCUT2D eigenvalue weighted by Crippen LogP contribution is -2.02. The van der Waals surface area contributed by atoms with Crippen LogP contribution in [0.3, 0.4) is 0 Å². The average molecular weight is 204 g/mol. The van der Waals surface area contributed by atoms with E-state index in [9.17, 15) is 4.79 Å². The average Bonchev–Trinajstić information content (AvgIpc) is 2.28. The Bertz CT molecular complexity index is 367. The number of benzene rings is 1. The van der Waals surface area contributed by atoms with Gasteiger partial charge in [-0.05, 0) is 29.7 Å². The van der Waals surface area contributed by atoms with Gasteiger partial charge in [0, 0.05) is 0 Å². The summed E-state index contributed by atoms with van der Waals surface area (Å²) < 4.78 is 4.70. The first-order valence-electron chi connectivity index (χ1n) is 5.06. The summed E-state index contributed by atoms with van der Waals surface area (Å²) in [5.41, 5.74) is 2.70. The van der Waals surface area contributed by atoms with E-state index in [2.05, 4.69) is 13.5 Å². The standard InChI is InChI=1S/C13H16O2/c1-4-6-11-7-10(5-2)8-12(9-11)13(14)15-3/h5,7-9H,2,4,6H2,1,3H3. The van der Waals surface area contributed by atoms with Gasteiger partial charge in [-0.3, -0.25) is 0 Å². The van der Waals surface area contributed by atoms with Gasteiger partial charge in [0.2, 0.25) is 0 Å². The molecule has 80 valence electrons. The normalized spacial score (nSPS) is 9.73. The number of methoxy groups -OCH3 is 1. The van der Waals surface area contributed by atoms with Crippen molar-refractivity contribution in [2.24, 2.45) is 0 Å². The summed E-state index contributed by atoms with van der Waals surface area (Å²) in [6.45, 7) is 5.82. The molecule has 2 heteroatoms. The van der Waals surface area contributed by atoms with Crippen molar-refractivity contribution in [3.63, 3.8) is 0 Å². The largest absolute Gasteiger partial charge is 0.465 e. The van der Waals surface area contributed by atoms with Crippen molar-refractivity contribution in [1.82, 2.24) is 0 Å². The second kappa shape index (κ2) is 5.35. The Morgan fingerprint density at radius 1 is 1.47 bits per heavy atom. The molecule has 0 aliphatic rings. The third-order valence-corrected chi connectivity index (χ3v) is 2.21. The second-order valence-corrected chi connectivity index (χ2v) is 3.41. The fraction of sp³-hybridized carbons (Fsp3) is 0.308. The quantitative estimate of drug-likeness (QED) is 0.704. The maximum Gasteiger partial charge on any atom is 0.337 e. The summed E-state index contributed by atoms with van der Waals surface area (Å²) in [5.74, 6) is -0.295. The first-order chi connectivity index (χ1) is 7.21. The van der Waals surface area contributed by atoms with Gasteiger partial charge in [0.1, 0.15) is 0 Å². The third kappa shape index (κ3) is 2.94. The van der Waals surface area contributed by atoms with Gasteiger partial charge in [-0.25, -0.2) is 4.79 Å². The monoisotopic (exact) mass is 204 g/mol. The Morgan fingerprint density at radius 2 is 2.20 bits per heavy atom. The summed E-state index contributed by atoms with van der Waals surface area (Å²) in [4.78, 5) is 11.4. The summed E-state index contributed by atoms with van der Waals surface area (Å²) in [6.07, 6.45) is 3.76. The molecule has 1 aromatic rings. The van der Waals surface area contributed by atoms with Crippen molar-refractivity contribution in [1.29, 1.82) is 0 Å². The zero-order valence-corrected chi connectivity index (χ0v) is 9.25. The summed E-state index contributed by atoms with van der Waals surface area (Å²) in [6, 6.07) is 5.71. The molecule has 15 heavy (non-hydrogen) atoms. The van der Waals surface area contributed by atoms with E-state index in [0.717, 1.165) is 24.0 Å². The van der Waals surface area contributed by atoms with Crippen LogP contribution < -0.4 is 0 Å². The molecule has 1 rings (SSSR count). The van der Waals surface area contributed by atoms with E-state index < -0.39 is 0 Å². The lowest BCUT2D eigenvalue weighted by molar-refractivity contribution is 0.0600. The molecule has 0 amide bonds. The van der Waals surface area contributed by atoms with E-state index in [0.29, 0.717) is 5.56 Å². The van der Waals surface area contributed by atoms with E-state index in [1.165, 1.54) is 7.11 Å². The predicted molar refractivity (Wildman–Crippen MR) is 61.9 cm³/mol. The molecule has 0 N–H and O–H groups in total. The van der Waals surface area contributed by atoms with Crippen LogP contribution >= 0.6 is 0 Å². The SMILES string of the molecule is C=Cc1cc(CCC)cc(C(=O)OC)c1. The molecular weight excluding hydrogens is 188 g/mol. The van der Waals surface area contributed by atoms with Crippen molar-refractivity contribution in [3.8, 4) is 0 Å². The minimum atomic E-state index is -0.295. The van der Waals surface area contributed by atoms with Gasteiger partial charge in [-0.1, -0.05) is 32.1 Å². The minimum Gasteiger partial charge on any atom is -0.465 e. The number of carbonyl (C=O) groups excluding carboxylic acids is 1. The Kier molecular flexibility index (Phi) is 4.10. The van der Waals surface area contributed by atoms with Crippen molar-refractivity contribution >= 4 is 12.0 Å². The molecular formula is C13H16O2. The Morgan fingerprint density at radius 3 is 2.73 bits per heavy atom. The molecule has 0 saturated carbocycles. The van der Waals surface area contributed by atoms with Gasteiger partial charge in [-0.2, -0.15) is 0 Å². The Balaban J connectivity index is 3.10. The maximum atomic E-state index is 11.4. The molecule has 0 fully saturated rings. The lowest BCUT2D eigenvalue weighted by Gasteiger charge is -2.05. The zero-order chi connectivity index (χ0) is 11.3. The molecule has 0 aliphatic carbocycles. The van der Waals surface area contributed by atoms with Crippen molar-refractivity contribution in [2.45, 2.75) is 19.8 Å². The zero-order valence-electron chi connectivity index (χ0n) is 9.25. The Labute approximate surface area is 90.6 Å². The van der Waals surface area contributed by atoms with E-state index in [4.69, 9.17) is 4.74 Å². The molecule has 0 aromatic heterocycles. The van der Waals surface area contributed by atoms with Crippen LogP contribution in [0.25, 0.3) is 6.08 Å². The maximum absolute atomic E-state index is 11.4. The molecule has 0 heterocycles. The van der Waals surface area contributed by atoms with Crippen LogP contribution in [0.4, 0.5) is 0 Å². The van der Waals surface area contributed by atoms with E-state index in [1.54, 1.807) is 12.1 Å². The summed E-state index contributed by atoms with van der Waals surface area (Å²) in [5, 5.41) is 0. The summed E-state index contributed by atoms with van der Waals surface area (Å²) in [7, 11) is 1.39. The van der Waals surface area contributed by atoms with Crippen LogP contribution in [0.1, 0.15) is 34.8 Å². The smallest absolute Gasteiger partial charge is 0.337 e. The number of rotatable bonds is 4. The first kappa shape index (κ1) is 11.5. The van der Waals surface area contributed by atoms with Crippen LogP contribution in [0, 0.1) is 0 Å². The minimum absolute atomic E-state index is 0.295. The topological polar surface area (TPSA) is 26.3 Å². The van der Waals surface area contributed by atoms with Gasteiger partial charge >= 0.3 is 5.97 Å². The molecule has 2 nitrogen and oxygen atoms in total. The molecule has 0 spiro atoms. The van der Waals surface area contributed by atoms with Gasteiger partial charge in [0.25, 0.3) is 0 Å². The number of hydrogen-bond acceptors (Lipinski definition) is 2. The highest BCUT2D eigenvalue weighted by Gasteiger charge is 2.07. The number of hydrogen-bond donors (Lipinski definition) is 0. The van der Waals surface area contributed by atoms with Gasteiger partial charge in [-0.15, -0.1) is 0 Å². The molecule has 0 bridgehead atoms. The van der Waals surface area contributed by atoms with E-state index in [1.807, 2.05) is 12.1 Å². The predicted octanol–water partition coefficient (Wildman–Crippen LogP) is 3.07. The van der Waals surface area contributed by atoms with E-state index in [-0.39, 0.29) is 5.97 Å². The Hall–Kier alpha value is -1.57. The van der Waals surface area contributed by atoms with E-state index >= 15 is 0 Å². The molecule has 0 saturated heterocycles. The highest BCUT2D eigenvalue weighted by Crippen LogP contribution is 2.14.